The molecular formula is C20H29N8O11P. The zero-order valence-corrected chi connectivity index (χ0v) is 22.0. The van der Waals surface area contributed by atoms with E-state index in [1.807, 2.05) is 0 Å². The molecule has 2 aliphatic rings. The number of nitrogens with zero attached hydrogens (tertiary/aromatic N) is 4. The van der Waals surface area contributed by atoms with E-state index in [9.17, 15) is 34.1 Å². The van der Waals surface area contributed by atoms with Crippen molar-refractivity contribution in [1.82, 2.24) is 35.2 Å². The number of fused-ring (bicyclic) bond motifs is 1. The van der Waals surface area contributed by atoms with Crippen LogP contribution in [0.25, 0.3) is 11.2 Å². The van der Waals surface area contributed by atoms with E-state index >= 15 is 0 Å². The number of nitrogens with one attached hydrogen (secondary N) is 2. The summed E-state index contributed by atoms with van der Waals surface area (Å²) in [6.45, 7) is 0.347. The van der Waals surface area contributed by atoms with Gasteiger partial charge in [-0.15, -0.1) is 0 Å². The summed E-state index contributed by atoms with van der Waals surface area (Å²) in [4.78, 5) is 58.7. The molecule has 0 aliphatic carbocycles. The molecule has 0 amide bonds. The van der Waals surface area contributed by atoms with Gasteiger partial charge < -0.3 is 36.5 Å². The number of nitrogen functional groups attached to an aromatic ring is 1. The molecule has 5 heterocycles. The maximum atomic E-state index is 12.7. The van der Waals surface area contributed by atoms with E-state index in [1.165, 1.54) is 24.0 Å². The van der Waals surface area contributed by atoms with Crippen molar-refractivity contribution in [3.63, 3.8) is 0 Å². The molecule has 40 heavy (non-hydrogen) atoms. The lowest BCUT2D eigenvalue weighted by atomic mass is 10.2. The third-order valence-corrected chi connectivity index (χ3v) is 7.46. The van der Waals surface area contributed by atoms with E-state index in [0.29, 0.717) is 0 Å². The van der Waals surface area contributed by atoms with E-state index in [4.69, 9.17) is 24.3 Å². The molecule has 2 aliphatic heterocycles. The van der Waals surface area contributed by atoms with Crippen molar-refractivity contribution in [1.29, 1.82) is 0 Å². The number of anilines is 1. The fourth-order valence-electron chi connectivity index (χ4n) is 4.51. The van der Waals surface area contributed by atoms with Crippen molar-refractivity contribution < 1.29 is 38.2 Å². The first kappa shape index (κ1) is 29.7. The van der Waals surface area contributed by atoms with Gasteiger partial charge in [-0.05, 0) is 6.92 Å². The van der Waals surface area contributed by atoms with Crippen molar-refractivity contribution in [3.8, 4) is 0 Å². The Bertz CT molecular complexity index is 1600. The number of aromatic amines is 2. The highest BCUT2D eigenvalue weighted by Crippen LogP contribution is 2.49. The van der Waals surface area contributed by atoms with Crippen molar-refractivity contribution in [2.75, 3.05) is 18.9 Å². The Morgan fingerprint density at radius 3 is 2.58 bits per heavy atom. The largest absolute Gasteiger partial charge is 0.472 e. The second-order valence-electron chi connectivity index (χ2n) is 9.14. The number of ether oxygens (including phenoxy) is 2. The summed E-state index contributed by atoms with van der Waals surface area (Å²) in [5.41, 5.74) is 4.12. The number of hydrogen-bond acceptors (Lipinski definition) is 14. The average Bonchev–Trinajstić information content (AvgIpc) is 3.56. The monoisotopic (exact) mass is 588 g/mol. The van der Waals surface area contributed by atoms with Crippen LogP contribution in [0.1, 0.15) is 30.9 Å². The summed E-state index contributed by atoms with van der Waals surface area (Å²) in [5, 5.41) is 20.1. The average molecular weight is 588 g/mol. The minimum atomic E-state index is -4.77. The van der Waals surface area contributed by atoms with Crippen LogP contribution in [-0.2, 0) is 23.1 Å². The first-order chi connectivity index (χ1) is 18.5. The molecule has 2 fully saturated rings. The first-order valence-electron chi connectivity index (χ1n) is 11.8. The Kier molecular flexibility index (Phi) is 8.41. The Balaban J connectivity index is 0.00000370. The Morgan fingerprint density at radius 1 is 1.15 bits per heavy atom. The number of aliphatic hydroxyl groups is 2. The molecule has 0 saturated carbocycles. The molecule has 0 bridgehead atoms. The Labute approximate surface area is 223 Å². The second-order valence-corrected chi connectivity index (χ2v) is 10.5. The number of rotatable bonds is 8. The quantitative estimate of drug-likeness (QED) is 0.142. The number of phosphoric ester groups is 1. The Hall–Kier alpha value is -3.26. The second kappa shape index (κ2) is 11.3. The van der Waals surface area contributed by atoms with Crippen LogP contribution >= 0.6 is 7.82 Å². The molecule has 0 radical (unpaired) electrons. The van der Waals surface area contributed by atoms with Gasteiger partial charge in [-0.2, -0.15) is 4.98 Å². The zero-order chi connectivity index (χ0) is 28.1. The first-order valence-corrected chi connectivity index (χ1v) is 13.2. The SMILES string of the molecule is Cc1cn([C@H]2C[C@H](OP(=O)(O)OC[C@H]3O[C@@H](n4cnc5c(=O)[nH]c(N)nc54)C[C@@H]3O)[C@@H](CO)O2)c(=O)[nH]c1=O.N. The van der Waals surface area contributed by atoms with E-state index < -0.39 is 74.7 Å². The minimum Gasteiger partial charge on any atom is -0.394 e. The van der Waals surface area contributed by atoms with Gasteiger partial charge in [-0.1, -0.05) is 0 Å². The zero-order valence-electron chi connectivity index (χ0n) is 21.1. The van der Waals surface area contributed by atoms with E-state index in [2.05, 4.69) is 19.9 Å². The van der Waals surface area contributed by atoms with E-state index in [-0.39, 0.29) is 41.7 Å². The van der Waals surface area contributed by atoms with Crippen LogP contribution in [-0.4, -0.2) is 81.8 Å². The van der Waals surface area contributed by atoms with Gasteiger partial charge in [0.2, 0.25) is 5.95 Å². The number of phosphoric acid groups is 1. The topological polar surface area (TPSA) is 294 Å². The Morgan fingerprint density at radius 2 is 1.85 bits per heavy atom. The molecule has 0 spiro atoms. The van der Waals surface area contributed by atoms with Crippen LogP contribution in [0.15, 0.2) is 26.9 Å². The normalized spacial score (nSPS) is 28.0. The van der Waals surface area contributed by atoms with Crippen molar-refractivity contribution in [2.24, 2.45) is 0 Å². The number of hydrogen-bond donors (Lipinski definition) is 7. The molecule has 7 atom stereocenters. The fourth-order valence-corrected chi connectivity index (χ4v) is 5.47. The van der Waals surface area contributed by atoms with Gasteiger partial charge in [0.25, 0.3) is 11.1 Å². The molecule has 20 heteroatoms. The molecule has 220 valence electrons. The van der Waals surface area contributed by atoms with Crippen molar-refractivity contribution in [2.45, 2.75) is 56.6 Å². The highest BCUT2D eigenvalue weighted by molar-refractivity contribution is 7.47. The number of aromatic nitrogens is 6. The molecule has 10 N–H and O–H groups in total. The number of nitrogens with two attached hydrogens (primary N) is 1. The molecule has 5 rings (SSSR count). The van der Waals surface area contributed by atoms with Gasteiger partial charge in [-0.3, -0.25) is 37.7 Å². The molecule has 3 aromatic rings. The summed E-state index contributed by atoms with van der Waals surface area (Å²) in [6, 6.07) is 0. The summed E-state index contributed by atoms with van der Waals surface area (Å²) in [7, 11) is -4.77. The molecule has 3 aromatic heterocycles. The van der Waals surface area contributed by atoms with E-state index in [1.54, 1.807) is 0 Å². The molecular weight excluding hydrogens is 559 g/mol. The third kappa shape index (κ3) is 5.78. The molecule has 0 aromatic carbocycles. The van der Waals surface area contributed by atoms with Gasteiger partial charge in [0.15, 0.2) is 11.2 Å². The van der Waals surface area contributed by atoms with Crippen LogP contribution in [0.2, 0.25) is 0 Å². The highest BCUT2D eigenvalue weighted by atomic mass is 31.2. The molecule has 1 unspecified atom stereocenters. The van der Waals surface area contributed by atoms with Crippen LogP contribution in [0, 0.1) is 6.92 Å². The maximum Gasteiger partial charge on any atom is 0.472 e. The summed E-state index contributed by atoms with van der Waals surface area (Å²) in [5.74, 6) is -0.133. The van der Waals surface area contributed by atoms with Crippen LogP contribution in [0.5, 0.6) is 0 Å². The van der Waals surface area contributed by atoms with Gasteiger partial charge in [-0.25, -0.2) is 14.3 Å². The van der Waals surface area contributed by atoms with Crippen molar-refractivity contribution in [3.05, 3.63) is 49.3 Å². The van der Waals surface area contributed by atoms with Gasteiger partial charge in [0.1, 0.15) is 30.8 Å². The van der Waals surface area contributed by atoms with Crippen LogP contribution in [0.3, 0.4) is 0 Å². The summed E-state index contributed by atoms with van der Waals surface area (Å²) < 4.78 is 36.8. The third-order valence-electron chi connectivity index (χ3n) is 6.45. The number of H-pyrrole nitrogens is 2. The number of imidazole rings is 1. The number of aryl methyl sites for hydroxylation is 1. The fraction of sp³-hybridized carbons (Fsp3) is 0.550. The summed E-state index contributed by atoms with van der Waals surface area (Å²) >= 11 is 0. The van der Waals surface area contributed by atoms with Crippen LogP contribution in [0.4, 0.5) is 5.95 Å². The van der Waals surface area contributed by atoms with Crippen molar-refractivity contribution >= 4 is 24.9 Å². The van der Waals surface area contributed by atoms with Gasteiger partial charge in [0, 0.05) is 24.6 Å². The predicted molar refractivity (Wildman–Crippen MR) is 134 cm³/mol. The lowest BCUT2D eigenvalue weighted by Crippen LogP contribution is -2.33. The van der Waals surface area contributed by atoms with Crippen LogP contribution < -0.4 is 28.7 Å². The standard InChI is InChI=1S/C20H26N7O11P.H3N/c1-8-4-26(20(32)25-17(8)30)14-3-10(11(5-28)36-14)38-39(33,34)35-6-12-9(29)2-13(37-12)27-7-22-15-16(27)23-19(21)24-18(15)31;/h4,7,9-14,28-29H,2-3,5-6H2,1H3,(H,33,34)(H,25,30,32)(H3,21,23,24,31);1H3/t9-,10-,11+,12+,13+,14+;/m0./s1. The molecule has 2 saturated heterocycles. The molecule has 19 nitrogen and oxygen atoms in total. The lowest BCUT2D eigenvalue weighted by molar-refractivity contribution is -0.0564. The maximum absolute atomic E-state index is 12.7. The number of aliphatic hydroxyl groups excluding tert-OH is 2. The smallest absolute Gasteiger partial charge is 0.394 e. The highest BCUT2D eigenvalue weighted by Gasteiger charge is 2.43. The minimum absolute atomic E-state index is 0. The summed E-state index contributed by atoms with van der Waals surface area (Å²) in [6.07, 6.45) is -3.72. The van der Waals surface area contributed by atoms with E-state index in [0.717, 1.165) is 4.57 Å². The lowest BCUT2D eigenvalue weighted by Gasteiger charge is -2.21. The predicted octanol–water partition coefficient (Wildman–Crippen LogP) is -1.85. The van der Waals surface area contributed by atoms with Gasteiger partial charge in [0.05, 0.1) is 25.6 Å². The van der Waals surface area contributed by atoms with Gasteiger partial charge >= 0.3 is 13.5 Å².